The third-order valence-corrected chi connectivity index (χ3v) is 5.12. The lowest BCUT2D eigenvalue weighted by Gasteiger charge is -2.09. The van der Waals surface area contributed by atoms with Gasteiger partial charge in [0, 0.05) is 36.3 Å². The van der Waals surface area contributed by atoms with Gasteiger partial charge >= 0.3 is 0 Å². The van der Waals surface area contributed by atoms with Gasteiger partial charge in [0.05, 0.1) is 16.9 Å². The molecule has 0 unspecified atom stereocenters. The van der Waals surface area contributed by atoms with Crippen molar-refractivity contribution in [1.82, 2.24) is 15.6 Å². The van der Waals surface area contributed by atoms with Gasteiger partial charge in [0.1, 0.15) is 18.2 Å². The summed E-state index contributed by atoms with van der Waals surface area (Å²) < 4.78 is 6.53. The van der Waals surface area contributed by atoms with E-state index in [4.69, 9.17) is 15.6 Å². The molecular weight excluding hydrogens is 392 g/mol. The molecule has 2 amide bonds. The fourth-order valence-corrected chi connectivity index (χ4v) is 3.77. The molecule has 3 aromatic rings. The third kappa shape index (κ3) is 4.82. The van der Waals surface area contributed by atoms with Gasteiger partial charge in [-0.15, -0.1) is 11.3 Å². The number of nitrogens with zero attached hydrogens (tertiary/aromatic N) is 1. The molecule has 0 radical (unpaired) electrons. The number of carbonyl (C=O) groups is 2. The number of rotatable bonds is 7. The molecule has 5 N–H and O–H groups in total. The Labute approximate surface area is 172 Å². The average molecular weight is 417 g/mol. The highest BCUT2D eigenvalue weighted by atomic mass is 32.1. The van der Waals surface area contributed by atoms with Gasteiger partial charge in [0.15, 0.2) is 0 Å². The zero-order valence-corrected chi connectivity index (χ0v) is 16.0. The van der Waals surface area contributed by atoms with Crippen molar-refractivity contribution in [2.45, 2.75) is 14.0 Å². The average Bonchev–Trinajstić information content (AvgIpc) is 3.15. The summed E-state index contributed by atoms with van der Waals surface area (Å²) >= 11 is 1.38. The molecule has 0 atom stereocenters. The van der Waals surface area contributed by atoms with E-state index in [0.29, 0.717) is 32.8 Å². The fraction of sp³-hybridized carbons (Fsp3) is 0.250. The first-order valence-corrected chi connectivity index (χ1v) is 9.41. The van der Waals surface area contributed by atoms with Crippen LogP contribution in [-0.2, 0) is 6.61 Å². The number of nitrogens with one attached hydrogen (secondary N) is 2. The summed E-state index contributed by atoms with van der Waals surface area (Å²) in [4.78, 5) is 28.2. The Hall–Kier alpha value is -3.17. The second-order valence-electron chi connectivity index (χ2n) is 5.90. The third-order valence-electron chi connectivity index (χ3n) is 4.06. The summed E-state index contributed by atoms with van der Waals surface area (Å²) in [7, 11) is 1.57. The van der Waals surface area contributed by atoms with Crippen LogP contribution in [0.3, 0.4) is 0 Å². The van der Waals surface area contributed by atoms with Crippen LogP contribution in [0, 0.1) is 0 Å². The first kappa shape index (κ1) is 22.1. The number of benzene rings is 1. The lowest BCUT2D eigenvalue weighted by atomic mass is 10.1. The molecule has 154 valence electrons. The maximum atomic E-state index is 12.3. The first-order chi connectivity index (χ1) is 13.5. The van der Waals surface area contributed by atoms with Crippen molar-refractivity contribution >= 4 is 39.1 Å². The molecule has 0 aliphatic heterocycles. The van der Waals surface area contributed by atoms with Crippen molar-refractivity contribution in [2.24, 2.45) is 0 Å². The Kier molecular flexibility index (Phi) is 7.52. The monoisotopic (exact) mass is 416 g/mol. The van der Waals surface area contributed by atoms with E-state index in [1.165, 1.54) is 17.5 Å². The number of amides is 2. The van der Waals surface area contributed by atoms with E-state index in [-0.39, 0.29) is 39.0 Å². The number of anilines is 1. The fourth-order valence-electron chi connectivity index (χ4n) is 2.70. The van der Waals surface area contributed by atoms with E-state index in [1.807, 2.05) is 5.38 Å². The minimum Gasteiger partial charge on any atom is -0.489 e. The maximum absolute atomic E-state index is 12.3. The maximum Gasteiger partial charge on any atom is 0.254 e. The predicted octanol–water partition coefficient (Wildman–Crippen LogP) is 2.18. The second-order valence-corrected chi connectivity index (χ2v) is 6.78. The largest absolute Gasteiger partial charge is 0.489 e. The van der Waals surface area contributed by atoms with E-state index in [1.54, 1.807) is 31.3 Å². The van der Waals surface area contributed by atoms with E-state index in [2.05, 4.69) is 15.6 Å². The SMILES string of the molecule is C.CNC(=O)c1cccc(OCc2csc3c(C(=O)NCCO)cnc(N)c23)c1. The summed E-state index contributed by atoms with van der Waals surface area (Å²) in [5.41, 5.74) is 7.73. The minimum absolute atomic E-state index is 0. The number of hydrogen-bond acceptors (Lipinski definition) is 7. The summed E-state index contributed by atoms with van der Waals surface area (Å²) in [5, 5.41) is 16.6. The van der Waals surface area contributed by atoms with E-state index in [0.717, 1.165) is 5.56 Å². The van der Waals surface area contributed by atoms with Crippen LogP contribution in [0.5, 0.6) is 5.75 Å². The number of aliphatic hydroxyl groups is 1. The first-order valence-electron chi connectivity index (χ1n) is 8.53. The molecule has 0 saturated heterocycles. The molecular formula is C20H24N4O4S. The lowest BCUT2D eigenvalue weighted by Crippen LogP contribution is -2.26. The zero-order valence-electron chi connectivity index (χ0n) is 15.2. The molecule has 0 aliphatic rings. The van der Waals surface area contributed by atoms with Crippen LogP contribution in [0.25, 0.3) is 10.1 Å². The number of ether oxygens (including phenoxy) is 1. The summed E-state index contributed by atoms with van der Waals surface area (Å²) in [6.45, 7) is 0.231. The van der Waals surface area contributed by atoms with Gasteiger partial charge in [-0.3, -0.25) is 9.59 Å². The summed E-state index contributed by atoms with van der Waals surface area (Å²) in [6.07, 6.45) is 1.43. The quantitative estimate of drug-likeness (QED) is 0.468. The standard InChI is InChI=1S/C19H20N4O4S.CH4/c1-21-18(25)11-3-2-4-13(7-11)27-9-12-10-28-16-14(19(26)22-5-6-24)8-23-17(20)15(12)16;/h2-4,7-8,10,24H,5-6,9H2,1H3,(H2,20,23)(H,21,25)(H,22,26);1H4. The Balaban J connectivity index is 0.00000300. The Morgan fingerprint density at radius 3 is 2.83 bits per heavy atom. The molecule has 0 aliphatic carbocycles. The van der Waals surface area contributed by atoms with Crippen molar-refractivity contribution < 1.29 is 19.4 Å². The minimum atomic E-state index is -0.320. The molecule has 0 spiro atoms. The second kappa shape index (κ2) is 9.85. The molecule has 8 nitrogen and oxygen atoms in total. The number of pyridine rings is 1. The van der Waals surface area contributed by atoms with Crippen LogP contribution >= 0.6 is 11.3 Å². The molecule has 0 saturated carbocycles. The number of carbonyl (C=O) groups excluding carboxylic acids is 2. The molecule has 2 heterocycles. The molecule has 0 fully saturated rings. The number of thiophene rings is 1. The van der Waals surface area contributed by atoms with Crippen molar-refractivity contribution in [2.75, 3.05) is 25.9 Å². The molecule has 0 bridgehead atoms. The van der Waals surface area contributed by atoms with E-state index < -0.39 is 0 Å². The Bertz CT molecular complexity index is 1020. The normalized spacial score (nSPS) is 10.3. The molecule has 29 heavy (non-hydrogen) atoms. The lowest BCUT2D eigenvalue weighted by molar-refractivity contribution is 0.0943. The number of nitrogen functional groups attached to an aromatic ring is 1. The number of nitrogens with two attached hydrogens (primary N) is 1. The van der Waals surface area contributed by atoms with Crippen LogP contribution in [0.4, 0.5) is 5.82 Å². The van der Waals surface area contributed by atoms with Gasteiger partial charge in [-0.1, -0.05) is 13.5 Å². The number of aliphatic hydroxyl groups excluding tert-OH is 1. The smallest absolute Gasteiger partial charge is 0.254 e. The summed E-state index contributed by atoms with van der Waals surface area (Å²) in [6, 6.07) is 6.86. The van der Waals surface area contributed by atoms with E-state index >= 15 is 0 Å². The van der Waals surface area contributed by atoms with Crippen LogP contribution in [-0.4, -0.2) is 42.1 Å². The number of hydrogen-bond donors (Lipinski definition) is 4. The highest BCUT2D eigenvalue weighted by Gasteiger charge is 2.17. The molecule has 9 heteroatoms. The van der Waals surface area contributed by atoms with Gasteiger partial charge in [-0.05, 0) is 23.6 Å². The molecule has 3 rings (SSSR count). The van der Waals surface area contributed by atoms with Crippen molar-refractivity contribution in [3.63, 3.8) is 0 Å². The van der Waals surface area contributed by atoms with Gasteiger partial charge < -0.3 is 26.2 Å². The van der Waals surface area contributed by atoms with Crippen LogP contribution in [0.1, 0.15) is 33.7 Å². The topological polar surface area (TPSA) is 127 Å². The highest BCUT2D eigenvalue weighted by Crippen LogP contribution is 2.33. The number of aromatic nitrogens is 1. The van der Waals surface area contributed by atoms with Gasteiger partial charge in [0.25, 0.3) is 11.8 Å². The Morgan fingerprint density at radius 1 is 1.31 bits per heavy atom. The summed E-state index contributed by atoms with van der Waals surface area (Å²) in [5.74, 6) is 0.342. The van der Waals surface area contributed by atoms with Crippen molar-refractivity contribution in [3.8, 4) is 5.75 Å². The van der Waals surface area contributed by atoms with Gasteiger partial charge in [-0.25, -0.2) is 4.98 Å². The van der Waals surface area contributed by atoms with Crippen LogP contribution in [0.15, 0.2) is 35.8 Å². The zero-order chi connectivity index (χ0) is 20.1. The van der Waals surface area contributed by atoms with Crippen molar-refractivity contribution in [1.29, 1.82) is 0 Å². The van der Waals surface area contributed by atoms with Gasteiger partial charge in [0.2, 0.25) is 0 Å². The highest BCUT2D eigenvalue weighted by molar-refractivity contribution is 7.17. The predicted molar refractivity (Wildman–Crippen MR) is 114 cm³/mol. The van der Waals surface area contributed by atoms with Gasteiger partial charge in [-0.2, -0.15) is 0 Å². The van der Waals surface area contributed by atoms with Crippen molar-refractivity contribution in [3.05, 3.63) is 52.5 Å². The van der Waals surface area contributed by atoms with Crippen LogP contribution < -0.4 is 21.1 Å². The van der Waals surface area contributed by atoms with Crippen LogP contribution in [0.2, 0.25) is 0 Å². The Morgan fingerprint density at radius 2 is 2.10 bits per heavy atom. The number of fused-ring (bicyclic) bond motifs is 1. The van der Waals surface area contributed by atoms with E-state index in [9.17, 15) is 9.59 Å². The molecule has 1 aromatic carbocycles. The molecule has 2 aromatic heterocycles.